The molecule has 6 heteroatoms. The molecule has 0 aliphatic carbocycles. The zero-order valence-electron chi connectivity index (χ0n) is 12.0. The van der Waals surface area contributed by atoms with E-state index in [9.17, 15) is 18.0 Å². The predicted octanol–water partition coefficient (Wildman–Crippen LogP) is 3.82. The topological polar surface area (TPSA) is 38.3 Å². The Kier molecular flexibility index (Phi) is 4.70. The molecule has 116 valence electrons. The molecule has 3 nitrogen and oxygen atoms in total. The second-order valence-corrected chi connectivity index (χ2v) is 4.79. The first-order valence-electron chi connectivity index (χ1n) is 6.56. The van der Waals surface area contributed by atoms with Crippen LogP contribution in [0.5, 0.6) is 5.75 Å². The monoisotopic (exact) mass is 309 g/mol. The van der Waals surface area contributed by atoms with Gasteiger partial charge in [0.05, 0.1) is 5.69 Å². The molecule has 2 aromatic carbocycles. The van der Waals surface area contributed by atoms with Crippen molar-refractivity contribution in [2.45, 2.75) is 20.0 Å². The number of nitrogens with one attached hydrogen (secondary N) is 1. The molecule has 1 amide bonds. The van der Waals surface area contributed by atoms with Crippen LogP contribution >= 0.6 is 0 Å². The van der Waals surface area contributed by atoms with Gasteiger partial charge in [-0.05, 0) is 38.1 Å². The third-order valence-electron chi connectivity index (χ3n) is 3.00. The van der Waals surface area contributed by atoms with Crippen LogP contribution in [0, 0.1) is 24.4 Å². The van der Waals surface area contributed by atoms with E-state index in [1.807, 2.05) is 19.1 Å². The van der Waals surface area contributed by atoms with Crippen molar-refractivity contribution in [2.75, 3.05) is 5.32 Å². The van der Waals surface area contributed by atoms with Crippen LogP contribution in [-0.2, 0) is 4.79 Å². The van der Waals surface area contributed by atoms with E-state index in [-0.39, 0.29) is 0 Å². The van der Waals surface area contributed by atoms with Crippen LogP contribution in [0.15, 0.2) is 36.4 Å². The Morgan fingerprint density at radius 1 is 1.05 bits per heavy atom. The summed E-state index contributed by atoms with van der Waals surface area (Å²) in [6.45, 7) is 3.37. The van der Waals surface area contributed by atoms with Crippen molar-refractivity contribution >= 4 is 11.6 Å². The minimum atomic E-state index is -1.63. The van der Waals surface area contributed by atoms with Crippen LogP contribution < -0.4 is 10.1 Å². The molecule has 2 aromatic rings. The average molecular weight is 309 g/mol. The number of carbonyl (C=O) groups excluding carboxylic acids is 1. The van der Waals surface area contributed by atoms with Crippen LogP contribution in [0.4, 0.5) is 18.9 Å². The van der Waals surface area contributed by atoms with Crippen molar-refractivity contribution < 1.29 is 22.7 Å². The van der Waals surface area contributed by atoms with Crippen molar-refractivity contribution in [3.63, 3.8) is 0 Å². The van der Waals surface area contributed by atoms with Crippen LogP contribution in [0.1, 0.15) is 12.5 Å². The lowest BCUT2D eigenvalue weighted by Crippen LogP contribution is -2.30. The Hall–Kier alpha value is -2.50. The van der Waals surface area contributed by atoms with Crippen LogP contribution in [0.3, 0.4) is 0 Å². The molecule has 22 heavy (non-hydrogen) atoms. The molecular formula is C16H14F3NO2. The van der Waals surface area contributed by atoms with E-state index in [1.54, 1.807) is 12.1 Å². The van der Waals surface area contributed by atoms with E-state index in [4.69, 9.17) is 4.74 Å². The predicted molar refractivity (Wildman–Crippen MR) is 76.2 cm³/mol. The zero-order chi connectivity index (χ0) is 16.3. The number of amides is 1. The van der Waals surface area contributed by atoms with Gasteiger partial charge in [0.15, 0.2) is 23.6 Å². The summed E-state index contributed by atoms with van der Waals surface area (Å²) < 4.78 is 44.8. The first-order valence-corrected chi connectivity index (χ1v) is 6.56. The Morgan fingerprint density at radius 3 is 2.32 bits per heavy atom. The fraction of sp³-hybridized carbons (Fsp3) is 0.188. The van der Waals surface area contributed by atoms with Crippen molar-refractivity contribution in [3.8, 4) is 5.75 Å². The number of aryl methyl sites for hydroxylation is 1. The van der Waals surface area contributed by atoms with Crippen LogP contribution in [0.2, 0.25) is 0 Å². The number of rotatable bonds is 4. The summed E-state index contributed by atoms with van der Waals surface area (Å²) in [5.74, 6) is -4.61. The molecule has 0 saturated heterocycles. The molecule has 0 unspecified atom stereocenters. The molecule has 0 spiro atoms. The van der Waals surface area contributed by atoms with Gasteiger partial charge in [0, 0.05) is 0 Å². The highest BCUT2D eigenvalue weighted by Gasteiger charge is 2.19. The first-order chi connectivity index (χ1) is 10.4. The molecule has 1 N–H and O–H groups in total. The van der Waals surface area contributed by atoms with E-state index in [1.165, 1.54) is 6.92 Å². The molecule has 0 heterocycles. The maximum absolute atomic E-state index is 13.5. The van der Waals surface area contributed by atoms with E-state index < -0.39 is 35.2 Å². The normalized spacial score (nSPS) is 11.9. The molecule has 1 atom stereocenters. The zero-order valence-corrected chi connectivity index (χ0v) is 12.0. The third-order valence-corrected chi connectivity index (χ3v) is 3.00. The SMILES string of the molecule is Cc1ccc(O[C@@H](C)C(=O)Nc2ccc(F)c(F)c2F)cc1. The molecule has 0 aromatic heterocycles. The number of hydrogen-bond donors (Lipinski definition) is 1. The number of carbonyl (C=O) groups is 1. The van der Waals surface area contributed by atoms with Gasteiger partial charge in [-0.1, -0.05) is 17.7 Å². The molecule has 0 aliphatic heterocycles. The number of halogens is 3. The lowest BCUT2D eigenvalue weighted by molar-refractivity contribution is -0.122. The van der Waals surface area contributed by atoms with Gasteiger partial charge in [-0.25, -0.2) is 13.2 Å². The number of hydrogen-bond acceptors (Lipinski definition) is 2. The van der Waals surface area contributed by atoms with Crippen molar-refractivity contribution in [3.05, 3.63) is 59.4 Å². The van der Waals surface area contributed by atoms with Gasteiger partial charge in [-0.2, -0.15) is 0 Å². The van der Waals surface area contributed by atoms with E-state index in [0.717, 1.165) is 17.7 Å². The smallest absolute Gasteiger partial charge is 0.265 e. The highest BCUT2D eigenvalue weighted by Crippen LogP contribution is 2.20. The Morgan fingerprint density at radius 2 is 1.68 bits per heavy atom. The largest absolute Gasteiger partial charge is 0.481 e. The molecule has 0 aliphatic rings. The maximum atomic E-state index is 13.5. The van der Waals surface area contributed by atoms with Crippen molar-refractivity contribution in [1.29, 1.82) is 0 Å². The standard InChI is InChI=1S/C16H14F3NO2/c1-9-3-5-11(6-4-9)22-10(2)16(21)20-13-8-7-12(17)14(18)15(13)19/h3-8,10H,1-2H3,(H,20,21)/t10-/m0/s1. The van der Waals surface area contributed by atoms with Gasteiger partial charge in [0.2, 0.25) is 0 Å². The van der Waals surface area contributed by atoms with E-state index in [2.05, 4.69) is 5.32 Å². The molecular weight excluding hydrogens is 295 g/mol. The Labute approximate surface area is 125 Å². The first kappa shape index (κ1) is 15.9. The van der Waals surface area contributed by atoms with E-state index in [0.29, 0.717) is 5.75 Å². The maximum Gasteiger partial charge on any atom is 0.265 e. The minimum Gasteiger partial charge on any atom is -0.481 e. The van der Waals surface area contributed by atoms with Crippen LogP contribution in [0.25, 0.3) is 0 Å². The van der Waals surface area contributed by atoms with Gasteiger partial charge in [-0.15, -0.1) is 0 Å². The molecule has 0 radical (unpaired) electrons. The molecule has 0 fully saturated rings. The van der Waals surface area contributed by atoms with Gasteiger partial charge < -0.3 is 10.1 Å². The summed E-state index contributed by atoms with van der Waals surface area (Å²) >= 11 is 0. The Balaban J connectivity index is 2.05. The Bertz CT molecular complexity index is 687. The van der Waals surface area contributed by atoms with Crippen molar-refractivity contribution in [1.82, 2.24) is 0 Å². The van der Waals surface area contributed by atoms with E-state index >= 15 is 0 Å². The fourth-order valence-electron chi connectivity index (χ4n) is 1.73. The summed E-state index contributed by atoms with van der Waals surface area (Å²) in [6, 6.07) is 8.70. The average Bonchev–Trinajstić information content (AvgIpc) is 2.50. The third kappa shape index (κ3) is 3.58. The second kappa shape index (κ2) is 6.51. The summed E-state index contributed by atoms with van der Waals surface area (Å²) in [5, 5.41) is 2.16. The summed E-state index contributed by atoms with van der Waals surface area (Å²) in [6.07, 6.45) is -0.935. The summed E-state index contributed by atoms with van der Waals surface area (Å²) in [4.78, 5) is 11.9. The lowest BCUT2D eigenvalue weighted by Gasteiger charge is -2.15. The lowest BCUT2D eigenvalue weighted by atomic mass is 10.2. The van der Waals surface area contributed by atoms with Gasteiger partial charge in [0.1, 0.15) is 5.75 Å². The molecule has 0 bridgehead atoms. The van der Waals surface area contributed by atoms with Gasteiger partial charge in [0.25, 0.3) is 5.91 Å². The fourth-order valence-corrected chi connectivity index (χ4v) is 1.73. The number of benzene rings is 2. The summed E-state index contributed by atoms with van der Waals surface area (Å²) in [7, 11) is 0. The molecule has 2 rings (SSSR count). The number of ether oxygens (including phenoxy) is 1. The summed E-state index contributed by atoms with van der Waals surface area (Å²) in [5.41, 5.74) is 0.594. The van der Waals surface area contributed by atoms with Crippen molar-refractivity contribution in [2.24, 2.45) is 0 Å². The van der Waals surface area contributed by atoms with Gasteiger partial charge in [-0.3, -0.25) is 4.79 Å². The van der Waals surface area contributed by atoms with Gasteiger partial charge >= 0.3 is 0 Å². The highest BCUT2D eigenvalue weighted by atomic mass is 19.2. The highest BCUT2D eigenvalue weighted by molar-refractivity contribution is 5.94. The number of anilines is 1. The van der Waals surface area contributed by atoms with Crippen LogP contribution in [-0.4, -0.2) is 12.0 Å². The second-order valence-electron chi connectivity index (χ2n) is 4.79. The molecule has 0 saturated carbocycles. The minimum absolute atomic E-state index is 0.441. The quantitative estimate of drug-likeness (QED) is 0.872.